The third-order valence-electron chi connectivity index (χ3n) is 5.61. The molecule has 0 atom stereocenters. The maximum atomic E-state index is 6.83. The van der Waals surface area contributed by atoms with Crippen LogP contribution in [0.25, 0.3) is 0 Å². The lowest BCUT2D eigenvalue weighted by Gasteiger charge is -2.57. The minimum absolute atomic E-state index is 0.151. The number of nitrogens with two attached hydrogens (primary N) is 1. The predicted octanol–water partition coefficient (Wildman–Crippen LogP) is 0.585. The van der Waals surface area contributed by atoms with Gasteiger partial charge < -0.3 is 24.7 Å². The molecule has 0 aromatic heterocycles. The molecule has 0 aromatic rings. The van der Waals surface area contributed by atoms with E-state index in [-0.39, 0.29) is 16.6 Å². The first-order valence-corrected chi connectivity index (χ1v) is 8.99. The van der Waals surface area contributed by atoms with Crippen LogP contribution in [-0.4, -0.2) is 86.2 Å². The van der Waals surface area contributed by atoms with Gasteiger partial charge in [-0.3, -0.25) is 9.80 Å². The highest BCUT2D eigenvalue weighted by molar-refractivity contribution is 5.03. The van der Waals surface area contributed by atoms with E-state index in [1.165, 1.54) is 0 Å². The lowest BCUT2D eigenvalue weighted by molar-refractivity contribution is -0.215. The Balaban J connectivity index is 1.81. The Hall–Kier alpha value is -0.280. The van der Waals surface area contributed by atoms with E-state index in [2.05, 4.69) is 30.6 Å². The van der Waals surface area contributed by atoms with Gasteiger partial charge >= 0.3 is 0 Å². The minimum Gasteiger partial charge on any atom is -0.353 e. The highest BCUT2D eigenvalue weighted by Crippen LogP contribution is 2.32. The summed E-state index contributed by atoms with van der Waals surface area (Å²) in [6.45, 7) is 12.6. The Morgan fingerprint density at radius 1 is 0.833 bits per heavy atom. The molecule has 2 N–H and O–H groups in total. The molecule has 0 amide bonds. The number of nitrogens with zero attached hydrogens (tertiary/aromatic N) is 2. The molecule has 7 nitrogen and oxygen atoms in total. The van der Waals surface area contributed by atoms with Crippen LogP contribution in [0, 0.1) is 0 Å². The largest absolute Gasteiger partial charge is 0.353 e. The average Bonchev–Trinajstić information content (AvgIpc) is 2.56. The van der Waals surface area contributed by atoms with E-state index in [1.807, 2.05) is 0 Å². The fourth-order valence-corrected chi connectivity index (χ4v) is 4.11. The van der Waals surface area contributed by atoms with E-state index in [0.29, 0.717) is 40.0 Å². The minimum atomic E-state index is -0.242. The van der Waals surface area contributed by atoms with Crippen LogP contribution >= 0.6 is 0 Å². The fourth-order valence-electron chi connectivity index (χ4n) is 4.11. The van der Waals surface area contributed by atoms with Gasteiger partial charge in [-0.1, -0.05) is 13.3 Å². The van der Waals surface area contributed by atoms with E-state index < -0.39 is 0 Å². The number of hydrogen-bond acceptors (Lipinski definition) is 7. The predicted molar refractivity (Wildman–Crippen MR) is 90.5 cm³/mol. The van der Waals surface area contributed by atoms with E-state index in [4.69, 9.17) is 24.7 Å². The van der Waals surface area contributed by atoms with Gasteiger partial charge in [-0.25, -0.2) is 0 Å². The molecule has 0 spiro atoms. The lowest BCUT2D eigenvalue weighted by atomic mass is 9.86. The van der Waals surface area contributed by atoms with Crippen LogP contribution in [0.15, 0.2) is 0 Å². The molecule has 0 bridgehead atoms. The van der Waals surface area contributed by atoms with Crippen molar-refractivity contribution < 1.29 is 18.9 Å². The van der Waals surface area contributed by atoms with Gasteiger partial charge in [0.15, 0.2) is 0 Å². The summed E-state index contributed by atoms with van der Waals surface area (Å²) >= 11 is 0. The zero-order chi connectivity index (χ0) is 17.3. The highest BCUT2D eigenvalue weighted by atomic mass is 16.7. The van der Waals surface area contributed by atoms with Crippen LogP contribution in [0.2, 0.25) is 0 Å². The lowest BCUT2D eigenvalue weighted by Crippen LogP contribution is -2.74. The molecule has 0 saturated carbocycles. The Labute approximate surface area is 145 Å². The van der Waals surface area contributed by atoms with Crippen LogP contribution in [0.4, 0.5) is 0 Å². The first-order chi connectivity index (χ1) is 11.4. The Morgan fingerprint density at radius 2 is 1.25 bits per heavy atom. The molecule has 3 saturated heterocycles. The molecule has 3 heterocycles. The van der Waals surface area contributed by atoms with Crippen molar-refractivity contribution in [2.75, 3.05) is 59.8 Å². The van der Waals surface area contributed by atoms with Gasteiger partial charge in [-0.2, -0.15) is 0 Å². The molecule has 0 aromatic carbocycles. The summed E-state index contributed by atoms with van der Waals surface area (Å²) < 4.78 is 22.4. The van der Waals surface area contributed by atoms with Crippen LogP contribution < -0.4 is 5.73 Å². The van der Waals surface area contributed by atoms with E-state index in [1.54, 1.807) is 0 Å². The summed E-state index contributed by atoms with van der Waals surface area (Å²) in [4.78, 5) is 4.87. The molecule has 3 rings (SSSR count). The van der Waals surface area contributed by atoms with Gasteiger partial charge in [0, 0.05) is 18.6 Å². The van der Waals surface area contributed by atoms with E-state index in [0.717, 1.165) is 32.6 Å². The second-order valence-corrected chi connectivity index (χ2v) is 8.27. The summed E-state index contributed by atoms with van der Waals surface area (Å²) in [7, 11) is 0. The third kappa shape index (κ3) is 3.77. The molecule has 3 aliphatic rings. The summed E-state index contributed by atoms with van der Waals surface area (Å²) in [5, 5.41) is 0. The summed E-state index contributed by atoms with van der Waals surface area (Å²) in [5.41, 5.74) is 6.29. The second-order valence-electron chi connectivity index (χ2n) is 8.27. The molecule has 0 unspecified atom stereocenters. The van der Waals surface area contributed by atoms with Gasteiger partial charge in [-0.15, -0.1) is 0 Å². The van der Waals surface area contributed by atoms with Crippen LogP contribution in [-0.2, 0) is 18.9 Å². The van der Waals surface area contributed by atoms with Crippen molar-refractivity contribution in [2.45, 2.75) is 50.2 Å². The zero-order valence-corrected chi connectivity index (χ0v) is 15.4. The molecule has 24 heavy (non-hydrogen) atoms. The SMILES string of the molecule is CCCC1(N)CN(C2(C)COCOC2)CN(C2(C)COCOC2)C1. The maximum Gasteiger partial charge on any atom is 0.146 e. The van der Waals surface area contributed by atoms with Gasteiger partial charge in [0.25, 0.3) is 0 Å². The van der Waals surface area contributed by atoms with Gasteiger partial charge in [0.1, 0.15) is 13.6 Å². The third-order valence-corrected chi connectivity index (χ3v) is 5.61. The van der Waals surface area contributed by atoms with Crippen molar-refractivity contribution >= 4 is 0 Å². The number of rotatable bonds is 4. The Morgan fingerprint density at radius 3 is 1.62 bits per heavy atom. The maximum absolute atomic E-state index is 6.83. The number of hydrogen-bond donors (Lipinski definition) is 1. The normalized spacial score (nSPS) is 31.0. The van der Waals surface area contributed by atoms with E-state index >= 15 is 0 Å². The van der Waals surface area contributed by atoms with Gasteiger partial charge in [-0.05, 0) is 20.3 Å². The quantitative estimate of drug-likeness (QED) is 0.801. The number of ether oxygens (including phenoxy) is 4. The molecule has 140 valence electrons. The van der Waals surface area contributed by atoms with Gasteiger partial charge in [0.2, 0.25) is 0 Å². The Kier molecular flexibility index (Phi) is 5.51. The summed E-state index contributed by atoms with van der Waals surface area (Å²) in [5.74, 6) is 0. The summed E-state index contributed by atoms with van der Waals surface area (Å²) in [6.07, 6.45) is 2.07. The smallest absolute Gasteiger partial charge is 0.146 e. The first-order valence-electron chi connectivity index (χ1n) is 8.99. The van der Waals surface area contributed by atoms with E-state index in [9.17, 15) is 0 Å². The molecule has 3 fully saturated rings. The molecule has 0 radical (unpaired) electrons. The van der Waals surface area contributed by atoms with Crippen molar-refractivity contribution in [3.05, 3.63) is 0 Å². The molecule has 3 aliphatic heterocycles. The first kappa shape index (κ1) is 18.5. The molecular formula is C17H33N3O4. The molecule has 0 aliphatic carbocycles. The average molecular weight is 343 g/mol. The van der Waals surface area contributed by atoms with Crippen molar-refractivity contribution in [1.29, 1.82) is 0 Å². The second kappa shape index (κ2) is 7.15. The molecular weight excluding hydrogens is 310 g/mol. The Bertz CT molecular complexity index is 390. The fraction of sp³-hybridized carbons (Fsp3) is 1.00. The van der Waals surface area contributed by atoms with Crippen LogP contribution in [0.3, 0.4) is 0 Å². The highest BCUT2D eigenvalue weighted by Gasteiger charge is 2.48. The van der Waals surface area contributed by atoms with Crippen molar-refractivity contribution in [3.8, 4) is 0 Å². The monoisotopic (exact) mass is 343 g/mol. The van der Waals surface area contributed by atoms with Crippen LogP contribution in [0.5, 0.6) is 0 Å². The molecule has 7 heteroatoms. The zero-order valence-electron chi connectivity index (χ0n) is 15.4. The van der Waals surface area contributed by atoms with Gasteiger partial charge in [0.05, 0.1) is 44.2 Å². The topological polar surface area (TPSA) is 69.4 Å². The van der Waals surface area contributed by atoms with Crippen molar-refractivity contribution in [3.63, 3.8) is 0 Å². The van der Waals surface area contributed by atoms with Crippen molar-refractivity contribution in [1.82, 2.24) is 9.80 Å². The van der Waals surface area contributed by atoms with Crippen LogP contribution in [0.1, 0.15) is 33.6 Å². The van der Waals surface area contributed by atoms with Crippen molar-refractivity contribution in [2.24, 2.45) is 5.73 Å². The standard InChI is InChI=1S/C17H33N3O4/c1-4-5-17(18)6-19(15(2)8-21-13-22-9-15)12-20(7-17)16(3)10-23-14-24-11-16/h4-14,18H2,1-3H3. The summed E-state index contributed by atoms with van der Waals surface area (Å²) in [6, 6.07) is 0.